The lowest BCUT2D eigenvalue weighted by Gasteiger charge is -2.33. The number of ether oxygens (including phenoxy) is 1. The Balaban J connectivity index is 5.13. The first kappa shape index (κ1) is 19.1. The SMILES string of the molecule is CCC(C)(C)C(=O)OC(C(C)C)C(F)(F)CC(F)(F)F. The maximum absolute atomic E-state index is 13.7. The fourth-order valence-corrected chi connectivity index (χ4v) is 1.50. The third-order valence-electron chi connectivity index (χ3n) is 3.13. The Kier molecular flexibility index (Phi) is 5.99. The zero-order valence-corrected chi connectivity index (χ0v) is 12.3. The highest BCUT2D eigenvalue weighted by atomic mass is 19.4. The molecule has 0 bridgehead atoms. The molecule has 0 fully saturated rings. The Bertz CT molecular complexity index is 334. The van der Waals surface area contributed by atoms with Gasteiger partial charge in [-0.25, -0.2) is 8.78 Å². The third kappa shape index (κ3) is 5.63. The molecule has 2 nitrogen and oxygen atoms in total. The summed E-state index contributed by atoms with van der Waals surface area (Å²) in [5.41, 5.74) is -1.01. The van der Waals surface area contributed by atoms with Gasteiger partial charge in [0.25, 0.3) is 5.92 Å². The van der Waals surface area contributed by atoms with Gasteiger partial charge in [0.2, 0.25) is 0 Å². The molecule has 0 radical (unpaired) electrons. The minimum absolute atomic E-state index is 0.335. The molecular formula is C13H21F5O2. The highest BCUT2D eigenvalue weighted by Gasteiger charge is 2.52. The minimum atomic E-state index is -5.02. The van der Waals surface area contributed by atoms with E-state index in [4.69, 9.17) is 0 Å². The summed E-state index contributed by atoms with van der Waals surface area (Å²) in [6, 6.07) is 0. The zero-order chi connectivity index (χ0) is 16.4. The molecular weight excluding hydrogens is 283 g/mol. The fourth-order valence-electron chi connectivity index (χ4n) is 1.50. The maximum atomic E-state index is 13.7. The third-order valence-corrected chi connectivity index (χ3v) is 3.13. The van der Waals surface area contributed by atoms with Crippen molar-refractivity contribution in [2.75, 3.05) is 0 Å². The molecule has 1 atom stereocenters. The van der Waals surface area contributed by atoms with Crippen LogP contribution in [0.2, 0.25) is 0 Å². The largest absolute Gasteiger partial charge is 0.455 e. The second-order valence-electron chi connectivity index (χ2n) is 5.86. The standard InChI is InChI=1S/C13H21F5O2/c1-6-11(4,5)10(19)20-9(8(2)3)12(14,15)7-13(16,17)18/h8-9H,6-7H2,1-5H3. The molecule has 0 aliphatic rings. The first-order valence-corrected chi connectivity index (χ1v) is 6.38. The number of halogens is 5. The van der Waals surface area contributed by atoms with Gasteiger partial charge in [-0.15, -0.1) is 0 Å². The molecule has 7 heteroatoms. The quantitative estimate of drug-likeness (QED) is 0.530. The second kappa shape index (κ2) is 6.26. The van der Waals surface area contributed by atoms with Crippen LogP contribution < -0.4 is 0 Å². The predicted molar refractivity (Wildman–Crippen MR) is 64.4 cm³/mol. The molecule has 0 saturated heterocycles. The number of carbonyl (C=O) groups is 1. The Morgan fingerprint density at radius 1 is 1.10 bits per heavy atom. The summed E-state index contributed by atoms with van der Waals surface area (Å²) in [4.78, 5) is 11.8. The fraction of sp³-hybridized carbons (Fsp3) is 0.923. The molecule has 0 N–H and O–H groups in total. The first-order chi connectivity index (χ1) is 8.73. The highest BCUT2D eigenvalue weighted by molar-refractivity contribution is 5.76. The number of carbonyl (C=O) groups excluding carboxylic acids is 1. The van der Waals surface area contributed by atoms with Gasteiger partial charge in [0, 0.05) is 0 Å². The maximum Gasteiger partial charge on any atom is 0.395 e. The van der Waals surface area contributed by atoms with Crippen molar-refractivity contribution in [2.45, 2.75) is 65.7 Å². The van der Waals surface area contributed by atoms with Crippen LogP contribution in [0, 0.1) is 11.3 Å². The summed E-state index contributed by atoms with van der Waals surface area (Å²) in [6.45, 7) is 7.24. The van der Waals surface area contributed by atoms with Crippen LogP contribution in [-0.2, 0) is 9.53 Å². The van der Waals surface area contributed by atoms with E-state index in [-0.39, 0.29) is 0 Å². The van der Waals surface area contributed by atoms with Crippen molar-refractivity contribution < 1.29 is 31.5 Å². The van der Waals surface area contributed by atoms with Crippen molar-refractivity contribution in [3.8, 4) is 0 Å². The van der Waals surface area contributed by atoms with E-state index in [2.05, 4.69) is 4.74 Å². The number of hydrogen-bond acceptors (Lipinski definition) is 2. The van der Waals surface area contributed by atoms with Crippen LogP contribution in [-0.4, -0.2) is 24.2 Å². The van der Waals surface area contributed by atoms with Gasteiger partial charge in [0.15, 0.2) is 6.10 Å². The summed E-state index contributed by atoms with van der Waals surface area (Å²) in [6.07, 6.45) is -9.09. The molecule has 0 aromatic rings. The van der Waals surface area contributed by atoms with Crippen LogP contribution in [0.1, 0.15) is 47.5 Å². The first-order valence-electron chi connectivity index (χ1n) is 6.38. The molecule has 20 heavy (non-hydrogen) atoms. The van der Waals surface area contributed by atoms with Gasteiger partial charge in [-0.05, 0) is 26.2 Å². The molecule has 0 aliphatic heterocycles. The molecule has 0 amide bonds. The van der Waals surface area contributed by atoms with Crippen LogP contribution >= 0.6 is 0 Å². The van der Waals surface area contributed by atoms with Crippen molar-refractivity contribution >= 4 is 5.97 Å². The molecule has 0 aromatic heterocycles. The molecule has 1 unspecified atom stereocenters. The van der Waals surface area contributed by atoms with Gasteiger partial charge >= 0.3 is 12.1 Å². The topological polar surface area (TPSA) is 26.3 Å². The van der Waals surface area contributed by atoms with Crippen LogP contribution in [0.15, 0.2) is 0 Å². The van der Waals surface area contributed by atoms with E-state index in [1.165, 1.54) is 27.7 Å². The molecule has 0 aromatic carbocycles. The molecule has 0 saturated carbocycles. The van der Waals surface area contributed by atoms with Gasteiger partial charge in [0.05, 0.1) is 5.41 Å². The molecule has 0 aliphatic carbocycles. The van der Waals surface area contributed by atoms with Gasteiger partial charge in [-0.1, -0.05) is 20.8 Å². The van der Waals surface area contributed by atoms with Crippen LogP contribution in [0.4, 0.5) is 22.0 Å². The van der Waals surface area contributed by atoms with Crippen molar-refractivity contribution in [1.82, 2.24) is 0 Å². The van der Waals surface area contributed by atoms with Crippen molar-refractivity contribution in [3.63, 3.8) is 0 Å². The van der Waals surface area contributed by atoms with E-state index < -0.39 is 41.9 Å². The summed E-state index contributed by atoms with van der Waals surface area (Å²) >= 11 is 0. The number of rotatable bonds is 6. The zero-order valence-electron chi connectivity index (χ0n) is 12.3. The lowest BCUT2D eigenvalue weighted by atomic mass is 9.90. The molecule has 0 spiro atoms. The van der Waals surface area contributed by atoms with Gasteiger partial charge in [0.1, 0.15) is 6.42 Å². The lowest BCUT2D eigenvalue weighted by Crippen LogP contribution is -2.46. The summed E-state index contributed by atoms with van der Waals surface area (Å²) in [5.74, 6) is -5.99. The number of alkyl halides is 5. The smallest absolute Gasteiger partial charge is 0.395 e. The van der Waals surface area contributed by atoms with Crippen molar-refractivity contribution in [2.24, 2.45) is 11.3 Å². The molecule has 0 heterocycles. The summed E-state index contributed by atoms with van der Waals surface area (Å²) in [5, 5.41) is 0. The number of hydrogen-bond donors (Lipinski definition) is 0. The average Bonchev–Trinajstić information content (AvgIpc) is 2.21. The lowest BCUT2D eigenvalue weighted by molar-refractivity contribution is -0.233. The van der Waals surface area contributed by atoms with Crippen LogP contribution in [0.25, 0.3) is 0 Å². The second-order valence-corrected chi connectivity index (χ2v) is 5.86. The highest BCUT2D eigenvalue weighted by Crippen LogP contribution is 2.38. The summed E-state index contributed by atoms with van der Waals surface area (Å²) in [7, 11) is 0. The minimum Gasteiger partial charge on any atom is -0.455 e. The summed E-state index contributed by atoms with van der Waals surface area (Å²) < 4.78 is 68.6. The van der Waals surface area contributed by atoms with Crippen molar-refractivity contribution in [3.05, 3.63) is 0 Å². The van der Waals surface area contributed by atoms with E-state index in [9.17, 15) is 26.7 Å². The van der Waals surface area contributed by atoms with Gasteiger partial charge in [-0.2, -0.15) is 13.2 Å². The van der Waals surface area contributed by atoms with Crippen LogP contribution in [0.3, 0.4) is 0 Å². The van der Waals surface area contributed by atoms with Crippen molar-refractivity contribution in [1.29, 1.82) is 0 Å². The normalized spacial score (nSPS) is 15.3. The van der Waals surface area contributed by atoms with E-state index in [0.29, 0.717) is 6.42 Å². The molecule has 0 rings (SSSR count). The Hall–Kier alpha value is -0.880. The molecule has 120 valence electrons. The monoisotopic (exact) mass is 304 g/mol. The van der Waals surface area contributed by atoms with E-state index >= 15 is 0 Å². The van der Waals surface area contributed by atoms with E-state index in [1.54, 1.807) is 6.92 Å². The number of esters is 1. The Morgan fingerprint density at radius 3 is 1.85 bits per heavy atom. The van der Waals surface area contributed by atoms with Crippen LogP contribution in [0.5, 0.6) is 0 Å². The predicted octanol–water partition coefficient (Wildman–Crippen LogP) is 4.58. The van der Waals surface area contributed by atoms with E-state index in [1.807, 2.05) is 0 Å². The average molecular weight is 304 g/mol. The Labute approximate surface area is 115 Å². The van der Waals surface area contributed by atoms with Gasteiger partial charge < -0.3 is 4.74 Å². The van der Waals surface area contributed by atoms with Gasteiger partial charge in [-0.3, -0.25) is 4.79 Å². The van der Waals surface area contributed by atoms with E-state index in [0.717, 1.165) is 0 Å². The Morgan fingerprint density at radius 2 is 1.55 bits per heavy atom.